The highest BCUT2D eigenvalue weighted by molar-refractivity contribution is 5.96. The Labute approximate surface area is 207 Å². The van der Waals surface area contributed by atoms with Gasteiger partial charge in [-0.25, -0.2) is 0 Å². The number of aryl methyl sites for hydroxylation is 2. The van der Waals surface area contributed by atoms with Gasteiger partial charge in [0.1, 0.15) is 18.8 Å². The molecule has 0 aliphatic rings. The molecule has 0 atom stereocenters. The lowest BCUT2D eigenvalue weighted by atomic mass is 9.91. The molecule has 0 heterocycles. The highest BCUT2D eigenvalue weighted by Crippen LogP contribution is 2.19. The molecule has 7 heteroatoms. The molecule has 2 aromatic carbocycles. The molecule has 0 saturated carbocycles. The molecule has 0 saturated heterocycles. The van der Waals surface area contributed by atoms with Gasteiger partial charge in [0, 0.05) is 32.8 Å². The first-order chi connectivity index (χ1) is 16.7. The third-order valence-corrected chi connectivity index (χ3v) is 5.67. The Morgan fingerprint density at radius 2 is 1.31 bits per heavy atom. The van der Waals surface area contributed by atoms with Gasteiger partial charge in [-0.3, -0.25) is 19.2 Å². The number of ether oxygens (including phenoxy) is 2. The van der Waals surface area contributed by atoms with Gasteiger partial charge in [-0.05, 0) is 43.2 Å². The second kappa shape index (κ2) is 14.0. The maximum Gasteiger partial charge on any atom is 0.302 e. The fourth-order valence-corrected chi connectivity index (χ4v) is 3.82. The Morgan fingerprint density at radius 1 is 0.743 bits per heavy atom. The number of amides is 1. The average molecular weight is 482 g/mol. The summed E-state index contributed by atoms with van der Waals surface area (Å²) in [7, 11) is 0. The number of benzene rings is 2. The molecule has 0 unspecified atom stereocenters. The summed E-state index contributed by atoms with van der Waals surface area (Å²) < 4.78 is 10.3. The standard InChI is InChI=1S/C28H35NO6/c1-21(30)29-28(19-34-22(2)31,20-35-23(3)32)18-17-25-13-15-26(16-14-25)27(33)12-8-7-11-24-9-5-4-6-10-24/h4-6,9-10,13-16H,7-8,11-12,17-20H2,1-3H3,(H,29,30). The van der Waals surface area contributed by atoms with Crippen LogP contribution in [0, 0.1) is 0 Å². The zero-order valence-electron chi connectivity index (χ0n) is 20.8. The van der Waals surface area contributed by atoms with E-state index in [-0.39, 0.29) is 24.9 Å². The predicted octanol–water partition coefficient (Wildman–Crippen LogP) is 4.22. The minimum Gasteiger partial charge on any atom is -0.463 e. The van der Waals surface area contributed by atoms with Gasteiger partial charge in [0.15, 0.2) is 5.78 Å². The highest BCUT2D eigenvalue weighted by atomic mass is 16.5. The molecular weight excluding hydrogens is 446 g/mol. The van der Waals surface area contributed by atoms with Crippen LogP contribution in [0.15, 0.2) is 54.6 Å². The summed E-state index contributed by atoms with van der Waals surface area (Å²) >= 11 is 0. The first-order valence-corrected chi connectivity index (χ1v) is 11.9. The summed E-state index contributed by atoms with van der Waals surface area (Å²) in [5.74, 6) is -1.19. The van der Waals surface area contributed by atoms with Crippen molar-refractivity contribution < 1.29 is 28.7 Å². The molecule has 0 aliphatic heterocycles. The summed E-state index contributed by atoms with van der Waals surface area (Å²) in [6, 6.07) is 17.6. The average Bonchev–Trinajstić information content (AvgIpc) is 2.83. The summed E-state index contributed by atoms with van der Waals surface area (Å²) in [6.07, 6.45) is 4.16. The molecule has 0 fully saturated rings. The van der Waals surface area contributed by atoms with Crippen molar-refractivity contribution in [1.82, 2.24) is 5.32 Å². The van der Waals surface area contributed by atoms with Gasteiger partial charge < -0.3 is 14.8 Å². The molecule has 0 aliphatic carbocycles. The molecule has 35 heavy (non-hydrogen) atoms. The van der Waals surface area contributed by atoms with E-state index in [1.54, 1.807) is 0 Å². The maximum atomic E-state index is 12.6. The lowest BCUT2D eigenvalue weighted by molar-refractivity contribution is -0.150. The third kappa shape index (κ3) is 10.5. The lowest BCUT2D eigenvalue weighted by Gasteiger charge is -2.33. The number of ketones is 1. The van der Waals surface area contributed by atoms with E-state index in [9.17, 15) is 19.2 Å². The minimum absolute atomic E-state index is 0.113. The van der Waals surface area contributed by atoms with E-state index in [1.165, 1.54) is 26.3 Å². The van der Waals surface area contributed by atoms with Crippen molar-refractivity contribution in [3.05, 3.63) is 71.3 Å². The Hall–Kier alpha value is -3.48. The van der Waals surface area contributed by atoms with Crippen molar-refractivity contribution in [2.24, 2.45) is 0 Å². The lowest BCUT2D eigenvalue weighted by Crippen LogP contribution is -2.55. The Morgan fingerprint density at radius 3 is 1.86 bits per heavy atom. The van der Waals surface area contributed by atoms with Crippen molar-refractivity contribution in [2.45, 2.75) is 64.8 Å². The molecule has 0 radical (unpaired) electrons. The number of hydrogen-bond donors (Lipinski definition) is 1. The normalized spacial score (nSPS) is 10.9. The summed E-state index contributed by atoms with van der Waals surface area (Å²) in [4.78, 5) is 47.2. The minimum atomic E-state index is -1.05. The quantitative estimate of drug-likeness (QED) is 0.246. The van der Waals surface area contributed by atoms with Crippen LogP contribution in [0.1, 0.15) is 67.9 Å². The number of hydrogen-bond acceptors (Lipinski definition) is 6. The highest BCUT2D eigenvalue weighted by Gasteiger charge is 2.34. The molecule has 7 nitrogen and oxygen atoms in total. The van der Waals surface area contributed by atoms with Crippen LogP contribution in [0.4, 0.5) is 0 Å². The van der Waals surface area contributed by atoms with Crippen molar-refractivity contribution in [3.63, 3.8) is 0 Å². The number of carbonyl (C=O) groups excluding carboxylic acids is 4. The van der Waals surface area contributed by atoms with E-state index in [0.717, 1.165) is 24.8 Å². The van der Waals surface area contributed by atoms with Crippen LogP contribution >= 0.6 is 0 Å². The first-order valence-electron chi connectivity index (χ1n) is 11.9. The fraction of sp³-hybridized carbons (Fsp3) is 0.429. The van der Waals surface area contributed by atoms with Crippen molar-refractivity contribution >= 4 is 23.6 Å². The van der Waals surface area contributed by atoms with Gasteiger partial charge in [-0.2, -0.15) is 0 Å². The molecule has 0 aromatic heterocycles. The number of unbranched alkanes of at least 4 members (excludes halogenated alkanes) is 1. The van der Waals surface area contributed by atoms with Crippen LogP contribution in [-0.4, -0.2) is 42.4 Å². The number of Topliss-reactive ketones (excluding diaryl/α,β-unsaturated/α-hetero) is 1. The van der Waals surface area contributed by atoms with E-state index >= 15 is 0 Å². The molecule has 2 aromatic rings. The van der Waals surface area contributed by atoms with E-state index in [2.05, 4.69) is 17.4 Å². The van der Waals surface area contributed by atoms with Crippen LogP contribution < -0.4 is 5.32 Å². The van der Waals surface area contributed by atoms with Gasteiger partial charge in [-0.15, -0.1) is 0 Å². The topological polar surface area (TPSA) is 98.8 Å². The predicted molar refractivity (Wildman–Crippen MR) is 133 cm³/mol. The first kappa shape index (κ1) is 27.8. The number of nitrogens with one attached hydrogen (secondary N) is 1. The van der Waals surface area contributed by atoms with Crippen LogP contribution in [0.25, 0.3) is 0 Å². The Bertz CT molecular complexity index is 966. The maximum absolute atomic E-state index is 12.6. The van der Waals surface area contributed by atoms with Gasteiger partial charge in [-0.1, -0.05) is 54.6 Å². The molecule has 2 rings (SSSR count). The number of esters is 2. The Kier molecular flexibility index (Phi) is 11.1. The van der Waals surface area contributed by atoms with E-state index in [4.69, 9.17) is 9.47 Å². The number of rotatable bonds is 14. The van der Waals surface area contributed by atoms with E-state index < -0.39 is 17.5 Å². The molecule has 0 bridgehead atoms. The second-order valence-corrected chi connectivity index (χ2v) is 8.83. The van der Waals surface area contributed by atoms with E-state index in [1.807, 2.05) is 42.5 Å². The van der Waals surface area contributed by atoms with Gasteiger partial charge in [0.2, 0.25) is 5.91 Å². The Balaban J connectivity index is 1.94. The van der Waals surface area contributed by atoms with Crippen LogP contribution in [0.5, 0.6) is 0 Å². The second-order valence-electron chi connectivity index (χ2n) is 8.83. The van der Waals surface area contributed by atoms with Crippen molar-refractivity contribution in [2.75, 3.05) is 13.2 Å². The fourth-order valence-electron chi connectivity index (χ4n) is 3.82. The molecule has 1 amide bonds. The van der Waals surface area contributed by atoms with Crippen molar-refractivity contribution in [3.8, 4) is 0 Å². The van der Waals surface area contributed by atoms with Gasteiger partial charge in [0.05, 0.1) is 0 Å². The molecule has 188 valence electrons. The van der Waals surface area contributed by atoms with Crippen molar-refractivity contribution in [1.29, 1.82) is 0 Å². The van der Waals surface area contributed by atoms with Gasteiger partial charge in [0.25, 0.3) is 0 Å². The molecule has 0 spiro atoms. The molecule has 1 N–H and O–H groups in total. The number of carbonyl (C=O) groups is 4. The zero-order chi connectivity index (χ0) is 25.7. The monoisotopic (exact) mass is 481 g/mol. The van der Waals surface area contributed by atoms with Gasteiger partial charge >= 0.3 is 11.9 Å². The summed E-state index contributed by atoms with van der Waals surface area (Å²) in [6.45, 7) is 3.68. The molecular formula is C28H35NO6. The SMILES string of the molecule is CC(=O)NC(CCc1ccc(C(=O)CCCCc2ccccc2)cc1)(COC(C)=O)COC(C)=O. The van der Waals surface area contributed by atoms with E-state index in [0.29, 0.717) is 24.8 Å². The third-order valence-electron chi connectivity index (χ3n) is 5.67. The van der Waals surface area contributed by atoms with Crippen LogP contribution in [0.2, 0.25) is 0 Å². The summed E-state index contributed by atoms with van der Waals surface area (Å²) in [5.41, 5.74) is 1.85. The smallest absolute Gasteiger partial charge is 0.302 e. The summed E-state index contributed by atoms with van der Waals surface area (Å²) in [5, 5.41) is 2.80. The largest absolute Gasteiger partial charge is 0.463 e. The van der Waals surface area contributed by atoms with Crippen LogP contribution in [0.3, 0.4) is 0 Å². The van der Waals surface area contributed by atoms with Crippen LogP contribution in [-0.2, 0) is 36.7 Å². The zero-order valence-corrected chi connectivity index (χ0v) is 20.8.